The molecular formula is C17H20BrN. The Kier molecular flexibility index (Phi) is 4.78. The zero-order chi connectivity index (χ0) is 13.8. The number of hydrogen-bond donors (Lipinski definition) is 1. The first kappa shape index (κ1) is 14.3. The molecule has 2 aromatic rings. The minimum absolute atomic E-state index is 0.519. The third kappa shape index (κ3) is 3.92. The first-order valence-corrected chi connectivity index (χ1v) is 7.44. The highest BCUT2D eigenvalue weighted by atomic mass is 79.9. The van der Waals surface area contributed by atoms with E-state index in [0.29, 0.717) is 6.04 Å². The van der Waals surface area contributed by atoms with Gasteiger partial charge < -0.3 is 5.32 Å². The maximum Gasteiger partial charge on any atom is 0.0207 e. The van der Waals surface area contributed by atoms with Gasteiger partial charge in [0.1, 0.15) is 0 Å². The van der Waals surface area contributed by atoms with Crippen LogP contribution in [0.4, 0.5) is 0 Å². The highest BCUT2D eigenvalue weighted by Gasteiger charge is 2.04. The lowest BCUT2D eigenvalue weighted by Gasteiger charge is -2.11. The zero-order valence-corrected chi connectivity index (χ0v) is 13.3. The van der Waals surface area contributed by atoms with Crippen LogP contribution >= 0.6 is 15.9 Å². The molecule has 0 saturated carbocycles. The van der Waals surface area contributed by atoms with Gasteiger partial charge in [0.25, 0.3) is 0 Å². The molecule has 0 spiro atoms. The van der Waals surface area contributed by atoms with E-state index in [1.807, 2.05) is 0 Å². The number of nitrogens with one attached hydrogen (secondary N) is 1. The van der Waals surface area contributed by atoms with Crippen LogP contribution in [-0.4, -0.2) is 6.04 Å². The topological polar surface area (TPSA) is 12.0 Å². The summed E-state index contributed by atoms with van der Waals surface area (Å²) in [7, 11) is 0. The van der Waals surface area contributed by atoms with Crippen molar-refractivity contribution in [2.75, 3.05) is 0 Å². The summed E-state index contributed by atoms with van der Waals surface area (Å²) in [6.07, 6.45) is 0. The quantitative estimate of drug-likeness (QED) is 0.843. The normalized spacial score (nSPS) is 11.0. The summed E-state index contributed by atoms with van der Waals surface area (Å²) < 4.78 is 1.12. The van der Waals surface area contributed by atoms with E-state index in [1.54, 1.807) is 0 Å². The van der Waals surface area contributed by atoms with Crippen molar-refractivity contribution in [1.82, 2.24) is 5.32 Å². The van der Waals surface area contributed by atoms with Crippen molar-refractivity contribution in [3.05, 3.63) is 58.1 Å². The van der Waals surface area contributed by atoms with E-state index in [2.05, 4.69) is 84.5 Å². The maximum atomic E-state index is 3.53. The van der Waals surface area contributed by atoms with E-state index in [4.69, 9.17) is 0 Å². The molecule has 2 rings (SSSR count). The standard InChI is InChI=1S/C17H20BrN/c1-12(2)19-11-14-7-8-17(13(3)9-14)15-5-4-6-16(18)10-15/h4-10,12,19H,11H2,1-3H3. The summed E-state index contributed by atoms with van der Waals surface area (Å²) >= 11 is 3.53. The van der Waals surface area contributed by atoms with Gasteiger partial charge in [0.15, 0.2) is 0 Å². The van der Waals surface area contributed by atoms with Gasteiger partial charge in [-0.15, -0.1) is 0 Å². The molecule has 1 N–H and O–H groups in total. The van der Waals surface area contributed by atoms with Gasteiger partial charge in [-0.05, 0) is 41.3 Å². The van der Waals surface area contributed by atoms with E-state index in [0.717, 1.165) is 11.0 Å². The largest absolute Gasteiger partial charge is 0.310 e. The SMILES string of the molecule is Cc1cc(CNC(C)C)ccc1-c1cccc(Br)c1. The summed E-state index contributed by atoms with van der Waals surface area (Å²) in [5, 5.41) is 3.45. The molecular weight excluding hydrogens is 298 g/mol. The third-order valence-corrected chi connectivity index (χ3v) is 3.63. The molecule has 0 heterocycles. The van der Waals surface area contributed by atoms with Crippen LogP contribution in [0.2, 0.25) is 0 Å². The molecule has 100 valence electrons. The molecule has 0 atom stereocenters. The predicted octanol–water partition coefficient (Wildman–Crippen LogP) is 4.92. The molecule has 2 heteroatoms. The van der Waals surface area contributed by atoms with Gasteiger partial charge in [-0.2, -0.15) is 0 Å². The van der Waals surface area contributed by atoms with Crippen LogP contribution in [0.3, 0.4) is 0 Å². The van der Waals surface area contributed by atoms with Gasteiger partial charge in [0.05, 0.1) is 0 Å². The molecule has 0 aliphatic heterocycles. The first-order chi connectivity index (χ1) is 9.06. The number of hydrogen-bond acceptors (Lipinski definition) is 1. The molecule has 0 bridgehead atoms. The molecule has 0 amide bonds. The van der Waals surface area contributed by atoms with Gasteiger partial charge in [0, 0.05) is 17.1 Å². The highest BCUT2D eigenvalue weighted by Crippen LogP contribution is 2.26. The Labute approximate surface area is 124 Å². The molecule has 0 radical (unpaired) electrons. The smallest absolute Gasteiger partial charge is 0.0207 e. The Morgan fingerprint density at radius 1 is 1.11 bits per heavy atom. The Bertz CT molecular complexity index is 561. The van der Waals surface area contributed by atoms with Crippen LogP contribution in [0.1, 0.15) is 25.0 Å². The predicted molar refractivity (Wildman–Crippen MR) is 86.3 cm³/mol. The van der Waals surface area contributed by atoms with Crippen LogP contribution in [0.25, 0.3) is 11.1 Å². The second-order valence-corrected chi connectivity index (χ2v) is 6.11. The summed E-state index contributed by atoms with van der Waals surface area (Å²) in [4.78, 5) is 0. The summed E-state index contributed by atoms with van der Waals surface area (Å²) in [6.45, 7) is 7.44. The molecule has 0 saturated heterocycles. The Morgan fingerprint density at radius 3 is 2.53 bits per heavy atom. The van der Waals surface area contributed by atoms with Crippen LogP contribution < -0.4 is 5.32 Å². The Balaban J connectivity index is 2.24. The molecule has 1 nitrogen and oxygen atoms in total. The van der Waals surface area contributed by atoms with Crippen molar-refractivity contribution >= 4 is 15.9 Å². The minimum atomic E-state index is 0.519. The number of rotatable bonds is 4. The average Bonchev–Trinajstić information content (AvgIpc) is 2.36. The Hall–Kier alpha value is -1.12. The Morgan fingerprint density at radius 2 is 1.89 bits per heavy atom. The van der Waals surface area contributed by atoms with E-state index >= 15 is 0 Å². The van der Waals surface area contributed by atoms with Crippen molar-refractivity contribution in [3.63, 3.8) is 0 Å². The molecule has 0 aliphatic rings. The monoisotopic (exact) mass is 317 g/mol. The lowest BCUT2D eigenvalue weighted by molar-refractivity contribution is 0.589. The van der Waals surface area contributed by atoms with Crippen molar-refractivity contribution in [2.45, 2.75) is 33.4 Å². The molecule has 0 aliphatic carbocycles. The van der Waals surface area contributed by atoms with Crippen molar-refractivity contribution in [3.8, 4) is 11.1 Å². The third-order valence-electron chi connectivity index (χ3n) is 3.14. The van der Waals surface area contributed by atoms with Crippen LogP contribution in [0.5, 0.6) is 0 Å². The average molecular weight is 318 g/mol. The molecule has 0 unspecified atom stereocenters. The fraction of sp³-hybridized carbons (Fsp3) is 0.294. The molecule has 2 aromatic carbocycles. The zero-order valence-electron chi connectivity index (χ0n) is 11.7. The molecule has 19 heavy (non-hydrogen) atoms. The number of halogens is 1. The summed E-state index contributed by atoms with van der Waals surface area (Å²) in [5.41, 5.74) is 5.22. The second-order valence-electron chi connectivity index (χ2n) is 5.20. The van der Waals surface area contributed by atoms with Crippen molar-refractivity contribution in [2.24, 2.45) is 0 Å². The van der Waals surface area contributed by atoms with Gasteiger partial charge >= 0.3 is 0 Å². The van der Waals surface area contributed by atoms with E-state index < -0.39 is 0 Å². The summed E-state index contributed by atoms with van der Waals surface area (Å²) in [5.74, 6) is 0. The van der Waals surface area contributed by atoms with E-state index in [-0.39, 0.29) is 0 Å². The van der Waals surface area contributed by atoms with Crippen molar-refractivity contribution < 1.29 is 0 Å². The van der Waals surface area contributed by atoms with Crippen molar-refractivity contribution in [1.29, 1.82) is 0 Å². The van der Waals surface area contributed by atoms with Gasteiger partial charge in [-0.1, -0.05) is 60.1 Å². The fourth-order valence-electron chi connectivity index (χ4n) is 2.14. The first-order valence-electron chi connectivity index (χ1n) is 6.65. The fourth-order valence-corrected chi connectivity index (χ4v) is 2.54. The maximum absolute atomic E-state index is 3.53. The lowest BCUT2D eigenvalue weighted by Crippen LogP contribution is -2.21. The van der Waals surface area contributed by atoms with Gasteiger partial charge in [0.2, 0.25) is 0 Å². The van der Waals surface area contributed by atoms with Gasteiger partial charge in [-0.25, -0.2) is 0 Å². The van der Waals surface area contributed by atoms with E-state index in [9.17, 15) is 0 Å². The molecule has 0 fully saturated rings. The highest BCUT2D eigenvalue weighted by molar-refractivity contribution is 9.10. The number of aryl methyl sites for hydroxylation is 1. The van der Waals surface area contributed by atoms with Crippen LogP contribution in [-0.2, 0) is 6.54 Å². The van der Waals surface area contributed by atoms with Gasteiger partial charge in [-0.3, -0.25) is 0 Å². The molecule has 0 aromatic heterocycles. The second kappa shape index (κ2) is 6.36. The number of benzene rings is 2. The van der Waals surface area contributed by atoms with E-state index in [1.165, 1.54) is 22.3 Å². The lowest BCUT2D eigenvalue weighted by atomic mass is 9.98. The minimum Gasteiger partial charge on any atom is -0.310 e. The van der Waals surface area contributed by atoms with Crippen LogP contribution in [0, 0.1) is 6.92 Å². The summed E-state index contributed by atoms with van der Waals surface area (Å²) in [6, 6.07) is 15.7. The van der Waals surface area contributed by atoms with Crippen LogP contribution in [0.15, 0.2) is 46.9 Å².